The van der Waals surface area contributed by atoms with E-state index in [9.17, 15) is 5.11 Å². The molecule has 0 heterocycles. The number of aryl methyl sites for hydroxylation is 1. The van der Waals surface area contributed by atoms with Crippen LogP contribution in [0.4, 0.5) is 0 Å². The maximum absolute atomic E-state index is 10.0. The molecular weight excluding hydrogens is 314 g/mol. The van der Waals surface area contributed by atoms with Crippen molar-refractivity contribution in [2.45, 2.75) is 53.2 Å². The van der Waals surface area contributed by atoms with Gasteiger partial charge in [-0.05, 0) is 37.3 Å². The monoisotopic (exact) mass is 349 g/mol. The molecule has 5 nitrogen and oxygen atoms in total. The average Bonchev–Trinajstić information content (AvgIpc) is 2.59. The third-order valence-corrected chi connectivity index (χ3v) is 3.81. The van der Waals surface area contributed by atoms with E-state index in [1.165, 1.54) is 11.1 Å². The van der Waals surface area contributed by atoms with Crippen LogP contribution >= 0.6 is 0 Å². The first kappa shape index (κ1) is 21.5. The highest BCUT2D eigenvalue weighted by Gasteiger charge is 2.09. The highest BCUT2D eigenvalue weighted by atomic mass is 16.5. The predicted octanol–water partition coefficient (Wildman–Crippen LogP) is 2.90. The third-order valence-electron chi connectivity index (χ3n) is 3.81. The Morgan fingerprint density at radius 2 is 1.80 bits per heavy atom. The fourth-order valence-electron chi connectivity index (χ4n) is 2.34. The molecule has 1 aromatic carbocycles. The summed E-state index contributed by atoms with van der Waals surface area (Å²) in [6.45, 7) is 12.5. The van der Waals surface area contributed by atoms with Crippen LogP contribution < -0.4 is 10.6 Å². The minimum Gasteiger partial charge on any atom is -0.389 e. The van der Waals surface area contributed by atoms with Crippen LogP contribution in [0.3, 0.4) is 0 Å². The van der Waals surface area contributed by atoms with E-state index < -0.39 is 6.10 Å². The smallest absolute Gasteiger partial charge is 0.191 e. The Balaban J connectivity index is 2.55. The number of ether oxygens (including phenoxy) is 1. The molecule has 25 heavy (non-hydrogen) atoms. The van der Waals surface area contributed by atoms with E-state index in [0.29, 0.717) is 31.6 Å². The second-order valence-electron chi connectivity index (χ2n) is 6.77. The van der Waals surface area contributed by atoms with Crippen LogP contribution in [0.2, 0.25) is 0 Å². The van der Waals surface area contributed by atoms with Gasteiger partial charge in [0.25, 0.3) is 0 Å². The van der Waals surface area contributed by atoms with E-state index in [-0.39, 0.29) is 6.04 Å². The Hall–Kier alpha value is -1.59. The number of aliphatic imine (C=N–C) groups is 1. The molecule has 0 aromatic heterocycles. The number of aliphatic hydroxyl groups is 1. The zero-order valence-electron chi connectivity index (χ0n) is 16.4. The Kier molecular flexibility index (Phi) is 10.2. The molecule has 0 amide bonds. The van der Waals surface area contributed by atoms with E-state index in [1.54, 1.807) is 0 Å². The van der Waals surface area contributed by atoms with Gasteiger partial charge in [0.2, 0.25) is 0 Å². The van der Waals surface area contributed by atoms with Crippen molar-refractivity contribution in [3.63, 3.8) is 0 Å². The fraction of sp³-hybridized carbons (Fsp3) is 0.650. The van der Waals surface area contributed by atoms with Gasteiger partial charge >= 0.3 is 0 Å². The number of rotatable bonds is 10. The number of nitrogens with one attached hydrogen (secondary N) is 2. The van der Waals surface area contributed by atoms with Gasteiger partial charge < -0.3 is 20.5 Å². The van der Waals surface area contributed by atoms with E-state index in [2.05, 4.69) is 67.6 Å². The van der Waals surface area contributed by atoms with Crippen LogP contribution in [0.5, 0.6) is 0 Å². The van der Waals surface area contributed by atoms with Crippen LogP contribution in [0.25, 0.3) is 0 Å². The van der Waals surface area contributed by atoms with Gasteiger partial charge in [-0.2, -0.15) is 0 Å². The molecule has 3 N–H and O–H groups in total. The van der Waals surface area contributed by atoms with Crippen molar-refractivity contribution in [1.29, 1.82) is 0 Å². The van der Waals surface area contributed by atoms with Gasteiger partial charge in [-0.1, -0.05) is 45.0 Å². The third kappa shape index (κ3) is 8.89. The predicted molar refractivity (Wildman–Crippen MR) is 105 cm³/mol. The summed E-state index contributed by atoms with van der Waals surface area (Å²) in [5.74, 6) is 1.17. The lowest BCUT2D eigenvalue weighted by molar-refractivity contribution is 0.0301. The number of benzene rings is 1. The highest BCUT2D eigenvalue weighted by molar-refractivity contribution is 5.80. The molecule has 0 bridgehead atoms. The van der Waals surface area contributed by atoms with Crippen molar-refractivity contribution < 1.29 is 9.84 Å². The van der Waals surface area contributed by atoms with E-state index in [1.807, 2.05) is 6.92 Å². The second-order valence-corrected chi connectivity index (χ2v) is 6.77. The van der Waals surface area contributed by atoms with Crippen LogP contribution in [-0.2, 0) is 11.2 Å². The molecule has 0 saturated heterocycles. The molecule has 2 atom stereocenters. The molecule has 2 unspecified atom stereocenters. The van der Waals surface area contributed by atoms with Crippen molar-refractivity contribution in [3.8, 4) is 0 Å². The standard InChI is InChI=1S/C20H35N3O2/c1-6-17-8-10-18(11-9-17)16(5)23-20(21-7-2)22-12-19(24)14-25-13-15(3)4/h8-11,15-16,19,24H,6-7,12-14H2,1-5H3,(H2,21,22,23). The molecule has 1 aromatic rings. The van der Waals surface area contributed by atoms with Crippen molar-refractivity contribution in [3.05, 3.63) is 35.4 Å². The first-order valence-corrected chi connectivity index (χ1v) is 9.35. The normalized spacial score (nSPS) is 14.4. The highest BCUT2D eigenvalue weighted by Crippen LogP contribution is 2.13. The lowest BCUT2D eigenvalue weighted by atomic mass is 10.1. The number of hydrogen-bond donors (Lipinski definition) is 3. The van der Waals surface area contributed by atoms with Gasteiger partial charge in [0, 0.05) is 13.2 Å². The van der Waals surface area contributed by atoms with Crippen molar-refractivity contribution in [2.24, 2.45) is 10.9 Å². The molecule has 0 aliphatic carbocycles. The SMILES string of the molecule is CCNC(=NCC(O)COCC(C)C)NC(C)c1ccc(CC)cc1. The Bertz CT molecular complexity index is 500. The van der Waals surface area contributed by atoms with Gasteiger partial charge in [-0.3, -0.25) is 4.99 Å². The first-order chi connectivity index (χ1) is 12.0. The van der Waals surface area contributed by atoms with Crippen LogP contribution in [0.1, 0.15) is 51.8 Å². The number of guanidine groups is 1. The summed E-state index contributed by atoms with van der Waals surface area (Å²) < 4.78 is 5.46. The maximum atomic E-state index is 10.0. The average molecular weight is 350 g/mol. The zero-order valence-corrected chi connectivity index (χ0v) is 16.4. The van der Waals surface area contributed by atoms with Gasteiger partial charge in [0.1, 0.15) is 0 Å². The van der Waals surface area contributed by atoms with E-state index in [0.717, 1.165) is 13.0 Å². The summed E-state index contributed by atoms with van der Waals surface area (Å²) in [6.07, 6.45) is 0.455. The Morgan fingerprint density at radius 1 is 1.12 bits per heavy atom. The van der Waals surface area contributed by atoms with Gasteiger partial charge in [0.05, 0.1) is 25.3 Å². The van der Waals surface area contributed by atoms with Crippen molar-refractivity contribution in [2.75, 3.05) is 26.3 Å². The van der Waals surface area contributed by atoms with Gasteiger partial charge in [0.15, 0.2) is 5.96 Å². The summed E-state index contributed by atoms with van der Waals surface area (Å²) in [5, 5.41) is 16.6. The van der Waals surface area contributed by atoms with Crippen molar-refractivity contribution in [1.82, 2.24) is 10.6 Å². The van der Waals surface area contributed by atoms with E-state index in [4.69, 9.17) is 4.74 Å². The van der Waals surface area contributed by atoms with Crippen molar-refractivity contribution >= 4 is 5.96 Å². The van der Waals surface area contributed by atoms with Gasteiger partial charge in [-0.15, -0.1) is 0 Å². The molecule has 142 valence electrons. The molecule has 0 fully saturated rings. The summed E-state index contributed by atoms with van der Waals surface area (Å²) in [7, 11) is 0. The second kappa shape index (κ2) is 11.9. The largest absolute Gasteiger partial charge is 0.389 e. The minimum absolute atomic E-state index is 0.137. The number of hydrogen-bond acceptors (Lipinski definition) is 3. The molecule has 5 heteroatoms. The maximum Gasteiger partial charge on any atom is 0.191 e. The number of nitrogens with zero attached hydrogens (tertiary/aromatic N) is 1. The van der Waals surface area contributed by atoms with Crippen LogP contribution in [0, 0.1) is 5.92 Å². The number of aliphatic hydroxyl groups excluding tert-OH is 1. The summed E-state index contributed by atoms with van der Waals surface area (Å²) >= 11 is 0. The molecule has 0 radical (unpaired) electrons. The summed E-state index contributed by atoms with van der Waals surface area (Å²) in [4.78, 5) is 4.47. The lowest BCUT2D eigenvalue weighted by Gasteiger charge is -2.19. The Labute approximate surface area is 152 Å². The zero-order chi connectivity index (χ0) is 18.7. The molecule has 0 aliphatic rings. The summed E-state index contributed by atoms with van der Waals surface area (Å²) in [5.41, 5.74) is 2.55. The van der Waals surface area contributed by atoms with Crippen LogP contribution in [-0.4, -0.2) is 43.5 Å². The first-order valence-electron chi connectivity index (χ1n) is 9.35. The molecule has 0 aliphatic heterocycles. The molecule has 0 saturated carbocycles. The van der Waals surface area contributed by atoms with E-state index >= 15 is 0 Å². The quantitative estimate of drug-likeness (QED) is 0.449. The van der Waals surface area contributed by atoms with Gasteiger partial charge in [-0.25, -0.2) is 0 Å². The topological polar surface area (TPSA) is 65.9 Å². The molecule has 0 spiro atoms. The van der Waals surface area contributed by atoms with Crippen LogP contribution in [0.15, 0.2) is 29.3 Å². The molecular formula is C20H35N3O2. The lowest BCUT2D eigenvalue weighted by Crippen LogP contribution is -2.39. The summed E-state index contributed by atoms with van der Waals surface area (Å²) in [6, 6.07) is 8.75. The molecule has 1 rings (SSSR count). The Morgan fingerprint density at radius 3 is 2.36 bits per heavy atom. The fourth-order valence-corrected chi connectivity index (χ4v) is 2.34. The minimum atomic E-state index is -0.589.